The lowest BCUT2D eigenvalue weighted by atomic mass is 9.97. The van der Waals surface area contributed by atoms with Crippen LogP contribution >= 0.6 is 11.8 Å². The predicted octanol–water partition coefficient (Wildman–Crippen LogP) is 2.12. The third-order valence-electron chi connectivity index (χ3n) is 5.00. The molecular weight excluding hydrogens is 514 g/mol. The molecule has 0 bridgehead atoms. The van der Waals surface area contributed by atoms with E-state index in [2.05, 4.69) is 0 Å². The fraction of sp³-hybridized carbons (Fsp3) is 0.522. The Hall–Kier alpha value is -3.68. The van der Waals surface area contributed by atoms with Crippen LogP contribution in [0.3, 0.4) is 0 Å². The van der Waals surface area contributed by atoms with Crippen LogP contribution in [0.25, 0.3) is 0 Å². The second kappa shape index (κ2) is 13.6. The lowest BCUT2D eigenvalue weighted by Gasteiger charge is -2.44. The van der Waals surface area contributed by atoms with Crippen LogP contribution in [0.5, 0.6) is 5.75 Å². The van der Waals surface area contributed by atoms with E-state index in [0.717, 1.165) is 32.5 Å². The summed E-state index contributed by atoms with van der Waals surface area (Å²) in [5, 5.41) is 9.42. The summed E-state index contributed by atoms with van der Waals surface area (Å²) in [6.45, 7) is 4.44. The Morgan fingerprint density at radius 3 is 1.81 bits per heavy atom. The van der Waals surface area contributed by atoms with Gasteiger partial charge in [0.2, 0.25) is 0 Å². The smallest absolute Gasteiger partial charge is 0.311 e. The van der Waals surface area contributed by atoms with E-state index >= 15 is 0 Å². The number of esters is 5. The SMILES string of the molecule is CC(=O)OC[C@@H]1S[C@H](CCC(=O)Oc2ccc([N+](=O)[O-])cc2)[C@@H](OC(C)=O)[C@@H](OC(C)=O)[C@@H]1OC(C)=O. The number of nitrogens with zero attached hydrogens (tertiary/aromatic N) is 1. The third-order valence-corrected chi connectivity index (χ3v) is 6.61. The first-order chi connectivity index (χ1) is 17.4. The van der Waals surface area contributed by atoms with E-state index < -0.39 is 63.6 Å². The van der Waals surface area contributed by atoms with Crippen molar-refractivity contribution in [2.75, 3.05) is 6.61 Å². The van der Waals surface area contributed by atoms with Gasteiger partial charge in [-0.1, -0.05) is 0 Å². The molecule has 1 fully saturated rings. The summed E-state index contributed by atoms with van der Waals surface area (Å²) in [5.74, 6) is -3.27. The Bertz CT molecular complexity index is 1030. The first kappa shape index (κ1) is 29.5. The molecule has 5 atom stereocenters. The minimum atomic E-state index is -1.23. The molecule has 37 heavy (non-hydrogen) atoms. The number of carbonyl (C=O) groups excluding carboxylic acids is 5. The summed E-state index contributed by atoms with van der Waals surface area (Å²) in [7, 11) is 0. The third kappa shape index (κ3) is 9.37. The number of nitro benzene ring substituents is 1. The van der Waals surface area contributed by atoms with Crippen LogP contribution < -0.4 is 4.74 Å². The van der Waals surface area contributed by atoms with Gasteiger partial charge in [0.15, 0.2) is 18.3 Å². The second-order valence-corrected chi connectivity index (χ2v) is 9.48. The zero-order chi connectivity index (χ0) is 27.7. The number of non-ortho nitro benzene ring substituents is 1. The molecule has 0 aromatic heterocycles. The van der Waals surface area contributed by atoms with Crippen molar-refractivity contribution in [1.29, 1.82) is 0 Å². The van der Waals surface area contributed by atoms with Gasteiger partial charge in [0.05, 0.1) is 10.2 Å². The molecule has 202 valence electrons. The normalized spacial score (nSPS) is 22.8. The Kier molecular flexibility index (Phi) is 10.8. The van der Waals surface area contributed by atoms with Gasteiger partial charge in [-0.05, 0) is 18.6 Å². The van der Waals surface area contributed by atoms with Gasteiger partial charge in [-0.3, -0.25) is 34.1 Å². The number of hydrogen-bond donors (Lipinski definition) is 0. The Morgan fingerprint density at radius 2 is 1.32 bits per heavy atom. The Morgan fingerprint density at radius 1 is 0.811 bits per heavy atom. The van der Waals surface area contributed by atoms with E-state index in [9.17, 15) is 34.1 Å². The number of ether oxygens (including phenoxy) is 5. The molecule has 0 aliphatic carbocycles. The zero-order valence-electron chi connectivity index (χ0n) is 20.6. The summed E-state index contributed by atoms with van der Waals surface area (Å²) in [5.41, 5.74) is -0.166. The minimum absolute atomic E-state index is 0.0789. The van der Waals surface area contributed by atoms with Crippen LogP contribution in [0, 0.1) is 10.1 Å². The summed E-state index contributed by atoms with van der Waals surface area (Å²) in [6.07, 6.45) is -3.54. The van der Waals surface area contributed by atoms with Crippen LogP contribution in [0.1, 0.15) is 40.5 Å². The summed E-state index contributed by atoms with van der Waals surface area (Å²) in [6, 6.07) is 4.94. The molecule has 1 heterocycles. The number of thioether (sulfide) groups is 1. The Balaban J connectivity index is 2.25. The maximum absolute atomic E-state index is 12.5. The minimum Gasteiger partial charge on any atom is -0.465 e. The van der Waals surface area contributed by atoms with Crippen molar-refractivity contribution >= 4 is 47.3 Å². The van der Waals surface area contributed by atoms with E-state index in [0.29, 0.717) is 0 Å². The lowest BCUT2D eigenvalue weighted by Crippen LogP contribution is -2.58. The van der Waals surface area contributed by atoms with E-state index in [-0.39, 0.29) is 30.9 Å². The molecule has 0 N–H and O–H groups in total. The molecule has 0 saturated carbocycles. The molecule has 1 aromatic carbocycles. The monoisotopic (exact) mass is 541 g/mol. The average Bonchev–Trinajstić information content (AvgIpc) is 2.79. The molecule has 0 unspecified atom stereocenters. The number of rotatable bonds is 10. The van der Waals surface area contributed by atoms with Gasteiger partial charge in [-0.25, -0.2) is 0 Å². The molecule has 0 amide bonds. The first-order valence-corrected chi connectivity index (χ1v) is 12.1. The van der Waals surface area contributed by atoms with Crippen molar-refractivity contribution in [3.8, 4) is 5.75 Å². The molecule has 14 heteroatoms. The largest absolute Gasteiger partial charge is 0.465 e. The molecule has 1 aliphatic heterocycles. The maximum Gasteiger partial charge on any atom is 0.311 e. The highest BCUT2D eigenvalue weighted by Crippen LogP contribution is 2.40. The number of benzene rings is 1. The Labute approximate surface area is 216 Å². The van der Waals surface area contributed by atoms with Crippen molar-refractivity contribution in [3.63, 3.8) is 0 Å². The number of nitro groups is 1. The predicted molar refractivity (Wildman–Crippen MR) is 126 cm³/mol. The molecule has 1 saturated heterocycles. The highest BCUT2D eigenvalue weighted by atomic mass is 32.2. The van der Waals surface area contributed by atoms with Gasteiger partial charge < -0.3 is 23.7 Å². The first-order valence-electron chi connectivity index (χ1n) is 11.1. The molecule has 13 nitrogen and oxygen atoms in total. The van der Waals surface area contributed by atoms with Crippen LogP contribution in [-0.4, -0.2) is 70.2 Å². The van der Waals surface area contributed by atoms with Crippen LogP contribution in [0.4, 0.5) is 5.69 Å². The molecule has 1 aromatic rings. The van der Waals surface area contributed by atoms with Crippen LogP contribution in [0.2, 0.25) is 0 Å². The molecular formula is C23H27NO12S. The highest BCUT2D eigenvalue weighted by Gasteiger charge is 2.51. The molecule has 2 rings (SSSR count). The average molecular weight is 542 g/mol. The van der Waals surface area contributed by atoms with Crippen molar-refractivity contribution in [2.45, 2.75) is 69.3 Å². The van der Waals surface area contributed by atoms with Gasteiger partial charge in [0.25, 0.3) is 5.69 Å². The van der Waals surface area contributed by atoms with Gasteiger partial charge in [-0.2, -0.15) is 0 Å². The zero-order valence-corrected chi connectivity index (χ0v) is 21.4. The maximum atomic E-state index is 12.5. The number of carbonyl (C=O) groups is 5. The van der Waals surface area contributed by atoms with E-state index in [1.807, 2.05) is 0 Å². The topological polar surface area (TPSA) is 175 Å². The van der Waals surface area contributed by atoms with E-state index in [1.54, 1.807) is 0 Å². The molecule has 0 radical (unpaired) electrons. The van der Waals surface area contributed by atoms with E-state index in [4.69, 9.17) is 23.7 Å². The fourth-order valence-electron chi connectivity index (χ4n) is 3.63. The number of hydrogen-bond acceptors (Lipinski definition) is 13. The fourth-order valence-corrected chi connectivity index (χ4v) is 5.21. The van der Waals surface area contributed by atoms with Crippen LogP contribution in [-0.2, 0) is 42.9 Å². The lowest BCUT2D eigenvalue weighted by molar-refractivity contribution is -0.384. The van der Waals surface area contributed by atoms with Crippen molar-refractivity contribution in [1.82, 2.24) is 0 Å². The molecule has 0 spiro atoms. The highest BCUT2D eigenvalue weighted by molar-refractivity contribution is 8.00. The second-order valence-electron chi connectivity index (χ2n) is 8.00. The van der Waals surface area contributed by atoms with Crippen molar-refractivity contribution in [2.24, 2.45) is 0 Å². The standard InChI is InChI=1S/C23H27NO12S/c1-12(25)32-11-19-22(34-14(3)27)23(35-15(4)28)21(33-13(2)26)18(37-19)9-10-20(29)36-17-7-5-16(6-8-17)24(30)31/h5-8,18-19,21-23H,9-11H2,1-4H3/t18-,19+,21-,22-,23-/m1/s1. The van der Waals surface area contributed by atoms with Gasteiger partial charge >= 0.3 is 29.8 Å². The van der Waals surface area contributed by atoms with Gasteiger partial charge in [-0.15, -0.1) is 11.8 Å². The summed E-state index contributed by atoms with van der Waals surface area (Å²) in [4.78, 5) is 69.6. The summed E-state index contributed by atoms with van der Waals surface area (Å²) >= 11 is 1.15. The van der Waals surface area contributed by atoms with Crippen LogP contribution in [0.15, 0.2) is 24.3 Å². The van der Waals surface area contributed by atoms with Crippen molar-refractivity contribution in [3.05, 3.63) is 34.4 Å². The summed E-state index contributed by atoms with van der Waals surface area (Å²) < 4.78 is 26.5. The quantitative estimate of drug-likeness (QED) is 0.139. The van der Waals surface area contributed by atoms with Crippen molar-refractivity contribution < 1.29 is 52.6 Å². The van der Waals surface area contributed by atoms with E-state index in [1.165, 1.54) is 31.2 Å². The molecule has 1 aliphatic rings. The van der Waals surface area contributed by atoms with Gasteiger partial charge in [0.1, 0.15) is 12.4 Å². The van der Waals surface area contributed by atoms with Gasteiger partial charge in [0, 0.05) is 51.5 Å².